The molecule has 1 aromatic rings. The van der Waals surface area contributed by atoms with Crippen LogP contribution in [0.4, 0.5) is 5.69 Å². The van der Waals surface area contributed by atoms with Gasteiger partial charge in [-0.3, -0.25) is 4.79 Å². The Morgan fingerprint density at radius 1 is 1.29 bits per heavy atom. The van der Waals surface area contributed by atoms with Crippen molar-refractivity contribution in [1.29, 1.82) is 0 Å². The molecule has 0 radical (unpaired) electrons. The zero-order valence-electron chi connectivity index (χ0n) is 9.50. The van der Waals surface area contributed by atoms with Crippen molar-refractivity contribution in [3.63, 3.8) is 0 Å². The molecule has 0 aliphatic carbocycles. The second-order valence-electron chi connectivity index (χ2n) is 4.76. The first-order valence-corrected chi connectivity index (χ1v) is 5.92. The molecule has 0 saturated carbocycles. The summed E-state index contributed by atoms with van der Waals surface area (Å²) in [7, 11) is 0. The molecule has 2 atom stereocenters. The number of hydrogen-bond acceptors (Lipinski definition) is 3. The van der Waals surface area contributed by atoms with Crippen molar-refractivity contribution in [3.05, 3.63) is 29.8 Å². The van der Waals surface area contributed by atoms with Crippen molar-refractivity contribution in [3.8, 4) is 0 Å². The first-order valence-electron chi connectivity index (χ1n) is 5.92. The smallest absolute Gasteiger partial charge is 0.307 e. The fourth-order valence-electron chi connectivity index (χ4n) is 2.57. The van der Waals surface area contributed by atoms with E-state index in [-0.39, 0.29) is 6.42 Å². The predicted octanol–water partition coefficient (Wildman–Crippen LogP) is 1.29. The Morgan fingerprint density at radius 2 is 1.88 bits per heavy atom. The van der Waals surface area contributed by atoms with Gasteiger partial charge in [-0.25, -0.2) is 0 Å². The van der Waals surface area contributed by atoms with Crippen LogP contribution in [0.15, 0.2) is 24.3 Å². The molecular formula is C13H15NO3. The van der Waals surface area contributed by atoms with Crippen LogP contribution in [0.2, 0.25) is 0 Å². The normalized spacial score (nSPS) is 26.5. The molecule has 3 saturated heterocycles. The van der Waals surface area contributed by atoms with Gasteiger partial charge in [0.15, 0.2) is 0 Å². The lowest BCUT2D eigenvalue weighted by molar-refractivity contribution is -0.136. The molecule has 2 bridgehead atoms. The minimum atomic E-state index is -0.787. The van der Waals surface area contributed by atoms with E-state index in [2.05, 4.69) is 4.90 Å². The van der Waals surface area contributed by atoms with Gasteiger partial charge in [-0.05, 0) is 17.7 Å². The maximum absolute atomic E-state index is 10.6. The topological polar surface area (TPSA) is 49.8 Å². The van der Waals surface area contributed by atoms with Gasteiger partial charge in [0, 0.05) is 25.2 Å². The van der Waals surface area contributed by atoms with Gasteiger partial charge in [-0.1, -0.05) is 12.1 Å². The number of benzene rings is 1. The van der Waals surface area contributed by atoms with E-state index in [0.717, 1.165) is 24.3 Å². The summed E-state index contributed by atoms with van der Waals surface area (Å²) in [5.41, 5.74) is 2.01. The minimum Gasteiger partial charge on any atom is -0.481 e. The molecule has 3 aliphatic rings. The Morgan fingerprint density at radius 3 is 2.41 bits per heavy atom. The van der Waals surface area contributed by atoms with E-state index in [9.17, 15) is 4.79 Å². The summed E-state index contributed by atoms with van der Waals surface area (Å²) in [5.74, 6) is -0.787. The molecule has 0 amide bonds. The largest absolute Gasteiger partial charge is 0.481 e. The Hall–Kier alpha value is -1.55. The summed E-state index contributed by atoms with van der Waals surface area (Å²) in [5, 5.41) is 8.70. The Labute approximate surface area is 99.8 Å². The summed E-state index contributed by atoms with van der Waals surface area (Å²) in [4.78, 5) is 12.9. The molecule has 0 aromatic heterocycles. The lowest BCUT2D eigenvalue weighted by atomic mass is 9.98. The van der Waals surface area contributed by atoms with Gasteiger partial charge in [0.2, 0.25) is 0 Å². The van der Waals surface area contributed by atoms with Crippen molar-refractivity contribution in [1.82, 2.24) is 0 Å². The lowest BCUT2D eigenvalue weighted by Crippen LogP contribution is -2.57. The van der Waals surface area contributed by atoms with Crippen LogP contribution in [0.5, 0.6) is 0 Å². The number of carboxylic acid groups (broad SMARTS) is 1. The number of hydrogen-bond donors (Lipinski definition) is 1. The van der Waals surface area contributed by atoms with Crippen LogP contribution in [0, 0.1) is 0 Å². The molecule has 2 unspecified atom stereocenters. The van der Waals surface area contributed by atoms with Crippen molar-refractivity contribution in [2.45, 2.75) is 25.0 Å². The highest BCUT2D eigenvalue weighted by Gasteiger charge is 2.38. The Balaban J connectivity index is 1.69. The van der Waals surface area contributed by atoms with E-state index in [4.69, 9.17) is 9.84 Å². The number of ether oxygens (including phenoxy) is 1. The summed E-state index contributed by atoms with van der Waals surface area (Å²) in [6.45, 7) is 1.91. The Kier molecular flexibility index (Phi) is 2.52. The van der Waals surface area contributed by atoms with Crippen LogP contribution in [-0.4, -0.2) is 36.4 Å². The molecule has 3 heterocycles. The average molecular weight is 233 g/mol. The zero-order chi connectivity index (χ0) is 11.8. The molecule has 4 nitrogen and oxygen atoms in total. The second-order valence-corrected chi connectivity index (χ2v) is 4.76. The third-order valence-electron chi connectivity index (χ3n) is 3.42. The van der Waals surface area contributed by atoms with Gasteiger partial charge in [0.05, 0.1) is 18.6 Å². The summed E-state index contributed by atoms with van der Waals surface area (Å²) in [6.07, 6.45) is 2.07. The van der Waals surface area contributed by atoms with E-state index in [0.29, 0.717) is 12.2 Å². The van der Waals surface area contributed by atoms with E-state index >= 15 is 0 Å². The second kappa shape index (κ2) is 4.04. The van der Waals surface area contributed by atoms with Gasteiger partial charge in [-0.2, -0.15) is 0 Å². The molecule has 3 fully saturated rings. The molecule has 4 heteroatoms. The standard InChI is InChI=1S/C13H15NO3/c15-13(16)5-9-1-3-10(4-2-9)14-7-11-6-12(8-14)17-11/h1-4,11-12H,5-8H2,(H,15,16). The third-order valence-corrected chi connectivity index (χ3v) is 3.42. The number of carbonyl (C=O) groups is 1. The summed E-state index contributed by atoms with van der Waals surface area (Å²) in [6, 6.07) is 7.79. The van der Waals surface area contributed by atoms with Crippen molar-refractivity contribution in [2.75, 3.05) is 18.0 Å². The molecule has 3 aliphatic heterocycles. The van der Waals surface area contributed by atoms with Crippen molar-refractivity contribution in [2.24, 2.45) is 0 Å². The Bertz CT molecular complexity index is 413. The van der Waals surface area contributed by atoms with Gasteiger partial charge in [0.1, 0.15) is 0 Å². The molecular weight excluding hydrogens is 218 g/mol. The lowest BCUT2D eigenvalue weighted by Gasteiger charge is -2.48. The molecule has 4 rings (SSSR count). The highest BCUT2D eigenvalue weighted by Crippen LogP contribution is 2.31. The summed E-state index contributed by atoms with van der Waals surface area (Å²) >= 11 is 0. The van der Waals surface area contributed by atoms with Gasteiger partial charge >= 0.3 is 5.97 Å². The van der Waals surface area contributed by atoms with Gasteiger partial charge in [0.25, 0.3) is 0 Å². The van der Waals surface area contributed by atoms with Crippen LogP contribution in [0.3, 0.4) is 0 Å². The SMILES string of the molecule is O=C(O)Cc1ccc(N2CC3CC(C2)O3)cc1. The highest BCUT2D eigenvalue weighted by atomic mass is 16.5. The molecule has 0 spiro atoms. The van der Waals surface area contributed by atoms with Gasteiger partial charge < -0.3 is 14.7 Å². The summed E-state index contributed by atoms with van der Waals surface area (Å²) < 4.78 is 5.58. The third kappa shape index (κ3) is 2.13. The fraction of sp³-hybridized carbons (Fsp3) is 0.462. The van der Waals surface area contributed by atoms with Crippen LogP contribution in [0.25, 0.3) is 0 Å². The van der Waals surface area contributed by atoms with Crippen molar-refractivity contribution < 1.29 is 14.6 Å². The first-order chi connectivity index (χ1) is 8.20. The number of fused-ring (bicyclic) bond motifs is 2. The minimum absolute atomic E-state index is 0.0919. The number of piperidine rings is 1. The van der Waals surface area contributed by atoms with Crippen molar-refractivity contribution >= 4 is 11.7 Å². The monoisotopic (exact) mass is 233 g/mol. The first kappa shape index (κ1) is 10.6. The number of carboxylic acids is 1. The fourth-order valence-corrected chi connectivity index (χ4v) is 2.57. The van der Waals surface area contributed by atoms with E-state index in [1.165, 1.54) is 6.42 Å². The van der Waals surface area contributed by atoms with Crippen LogP contribution < -0.4 is 4.90 Å². The highest BCUT2D eigenvalue weighted by molar-refractivity contribution is 5.70. The van der Waals surface area contributed by atoms with Crippen LogP contribution in [0.1, 0.15) is 12.0 Å². The quantitative estimate of drug-likeness (QED) is 0.854. The number of aliphatic carboxylic acids is 1. The molecule has 1 aromatic carbocycles. The van der Waals surface area contributed by atoms with E-state index in [1.54, 1.807) is 0 Å². The van der Waals surface area contributed by atoms with E-state index in [1.807, 2.05) is 24.3 Å². The average Bonchev–Trinajstić information content (AvgIpc) is 2.28. The molecule has 1 N–H and O–H groups in total. The number of anilines is 1. The number of rotatable bonds is 3. The maximum Gasteiger partial charge on any atom is 0.307 e. The molecule has 17 heavy (non-hydrogen) atoms. The number of nitrogens with zero attached hydrogens (tertiary/aromatic N) is 1. The van der Waals surface area contributed by atoms with Crippen LogP contribution >= 0.6 is 0 Å². The predicted molar refractivity (Wildman–Crippen MR) is 63.3 cm³/mol. The number of morpholine rings is 1. The zero-order valence-corrected chi connectivity index (χ0v) is 9.50. The van der Waals surface area contributed by atoms with Crippen LogP contribution in [-0.2, 0) is 16.0 Å². The maximum atomic E-state index is 10.6. The van der Waals surface area contributed by atoms with E-state index < -0.39 is 5.97 Å². The van der Waals surface area contributed by atoms with Gasteiger partial charge in [-0.15, -0.1) is 0 Å². The molecule has 90 valence electrons.